The van der Waals surface area contributed by atoms with Gasteiger partial charge < -0.3 is 14.6 Å². The predicted molar refractivity (Wildman–Crippen MR) is 52.8 cm³/mol. The highest BCUT2D eigenvalue weighted by Crippen LogP contribution is 2.30. The molecule has 0 aromatic heterocycles. The summed E-state index contributed by atoms with van der Waals surface area (Å²) in [5, 5.41) is 8.71. The molecule has 76 valence electrons. The maximum Gasteiger partial charge on any atom is 0.161 e. The van der Waals surface area contributed by atoms with Crippen molar-refractivity contribution in [3.63, 3.8) is 0 Å². The van der Waals surface area contributed by atoms with Crippen molar-refractivity contribution >= 4 is 0 Å². The molecule has 1 aliphatic rings. The van der Waals surface area contributed by atoms with Crippen molar-refractivity contribution in [3.05, 3.63) is 23.8 Å². The summed E-state index contributed by atoms with van der Waals surface area (Å²) in [5.41, 5.74) is 1.18. The van der Waals surface area contributed by atoms with Gasteiger partial charge in [0.2, 0.25) is 0 Å². The number of hydrogen-bond acceptors (Lipinski definition) is 3. The van der Waals surface area contributed by atoms with Crippen molar-refractivity contribution in [2.24, 2.45) is 0 Å². The molecule has 0 bridgehead atoms. The first-order chi connectivity index (χ1) is 6.90. The molecule has 1 heterocycles. The molecule has 0 unspecified atom stereocenters. The Hall–Kier alpha value is -1.22. The third kappa shape index (κ3) is 1.99. The van der Waals surface area contributed by atoms with Gasteiger partial charge in [0.15, 0.2) is 11.5 Å². The Bertz CT molecular complexity index is 309. The average Bonchev–Trinajstić information content (AvgIpc) is 2.26. The maximum absolute atomic E-state index is 8.71. The first-order valence-electron chi connectivity index (χ1n) is 4.89. The van der Waals surface area contributed by atoms with Gasteiger partial charge in [0.25, 0.3) is 0 Å². The molecular weight excluding hydrogens is 180 g/mol. The zero-order valence-electron chi connectivity index (χ0n) is 8.03. The van der Waals surface area contributed by atoms with Crippen LogP contribution in [0.3, 0.4) is 0 Å². The summed E-state index contributed by atoms with van der Waals surface area (Å²) in [4.78, 5) is 0. The predicted octanol–water partition coefficient (Wildman–Crippen LogP) is 1.38. The van der Waals surface area contributed by atoms with E-state index in [1.807, 2.05) is 18.2 Å². The Morgan fingerprint density at radius 1 is 1.14 bits per heavy atom. The van der Waals surface area contributed by atoms with Crippen LogP contribution in [0.4, 0.5) is 0 Å². The van der Waals surface area contributed by atoms with Crippen molar-refractivity contribution < 1.29 is 14.6 Å². The average molecular weight is 194 g/mol. The van der Waals surface area contributed by atoms with Crippen molar-refractivity contribution in [1.82, 2.24) is 0 Å². The lowest BCUT2D eigenvalue weighted by molar-refractivity contribution is 0.171. The first kappa shape index (κ1) is 9.34. The number of ether oxygens (including phenoxy) is 2. The van der Waals surface area contributed by atoms with Gasteiger partial charge in [-0.15, -0.1) is 0 Å². The Kier molecular flexibility index (Phi) is 2.89. The fraction of sp³-hybridized carbons (Fsp3) is 0.455. The van der Waals surface area contributed by atoms with Crippen LogP contribution in [0, 0.1) is 0 Å². The molecule has 3 heteroatoms. The van der Waals surface area contributed by atoms with Crippen LogP contribution in [0.25, 0.3) is 0 Å². The maximum atomic E-state index is 8.71. The van der Waals surface area contributed by atoms with E-state index in [1.54, 1.807) is 0 Å². The summed E-state index contributed by atoms with van der Waals surface area (Å²) >= 11 is 0. The van der Waals surface area contributed by atoms with Gasteiger partial charge in [-0.25, -0.2) is 0 Å². The molecule has 1 aliphatic heterocycles. The second-order valence-corrected chi connectivity index (χ2v) is 3.31. The van der Waals surface area contributed by atoms with Gasteiger partial charge in [0, 0.05) is 6.61 Å². The minimum absolute atomic E-state index is 0.231. The number of fused-ring (bicyclic) bond motifs is 1. The first-order valence-corrected chi connectivity index (χ1v) is 4.89. The quantitative estimate of drug-likeness (QED) is 0.790. The summed E-state index contributed by atoms with van der Waals surface area (Å²) in [6, 6.07) is 5.94. The molecule has 0 amide bonds. The number of aliphatic hydroxyl groups excluding tert-OH is 1. The number of aryl methyl sites for hydroxylation is 1. The normalized spacial score (nSPS) is 14.1. The molecule has 2 rings (SSSR count). The largest absolute Gasteiger partial charge is 0.486 e. The molecule has 0 radical (unpaired) electrons. The fourth-order valence-electron chi connectivity index (χ4n) is 1.53. The SMILES string of the molecule is OCCCc1ccc2c(c1)OCCO2. The lowest BCUT2D eigenvalue weighted by Crippen LogP contribution is -2.15. The van der Waals surface area contributed by atoms with Crippen molar-refractivity contribution in [2.75, 3.05) is 19.8 Å². The van der Waals surface area contributed by atoms with Crippen molar-refractivity contribution in [2.45, 2.75) is 12.8 Å². The van der Waals surface area contributed by atoms with Crippen molar-refractivity contribution in [3.8, 4) is 11.5 Å². The highest BCUT2D eigenvalue weighted by molar-refractivity contribution is 5.43. The van der Waals surface area contributed by atoms with Crippen LogP contribution >= 0.6 is 0 Å². The molecule has 0 fully saturated rings. The lowest BCUT2D eigenvalue weighted by Gasteiger charge is -2.18. The molecule has 0 saturated heterocycles. The number of rotatable bonds is 3. The Morgan fingerprint density at radius 3 is 2.71 bits per heavy atom. The second kappa shape index (κ2) is 4.33. The van der Waals surface area contributed by atoms with Gasteiger partial charge in [0.05, 0.1) is 0 Å². The molecule has 0 spiro atoms. The Labute approximate surface area is 83.3 Å². The van der Waals surface area contributed by atoms with Gasteiger partial charge in [-0.05, 0) is 30.5 Å². The lowest BCUT2D eigenvalue weighted by atomic mass is 10.1. The highest BCUT2D eigenvalue weighted by Gasteiger charge is 2.10. The van der Waals surface area contributed by atoms with E-state index in [0.717, 1.165) is 24.3 Å². The third-order valence-corrected chi connectivity index (χ3v) is 2.23. The molecule has 0 saturated carbocycles. The van der Waals surface area contributed by atoms with Crippen molar-refractivity contribution in [1.29, 1.82) is 0 Å². The van der Waals surface area contributed by atoms with Crippen LogP contribution in [0.5, 0.6) is 11.5 Å². The zero-order valence-corrected chi connectivity index (χ0v) is 8.03. The molecule has 0 aliphatic carbocycles. The summed E-state index contributed by atoms with van der Waals surface area (Å²) in [6.45, 7) is 1.48. The number of benzene rings is 1. The molecule has 1 aromatic carbocycles. The second-order valence-electron chi connectivity index (χ2n) is 3.31. The summed E-state index contributed by atoms with van der Waals surface area (Å²) in [7, 11) is 0. The van der Waals surface area contributed by atoms with E-state index in [9.17, 15) is 0 Å². The minimum Gasteiger partial charge on any atom is -0.486 e. The van der Waals surface area contributed by atoms with Gasteiger partial charge in [-0.1, -0.05) is 6.07 Å². The van der Waals surface area contributed by atoms with Crippen LogP contribution in [0.1, 0.15) is 12.0 Å². The summed E-state index contributed by atoms with van der Waals surface area (Å²) in [5.74, 6) is 1.65. The fourth-order valence-corrected chi connectivity index (χ4v) is 1.53. The number of aliphatic hydroxyl groups is 1. The van der Waals surface area contributed by atoms with E-state index in [1.165, 1.54) is 5.56 Å². The molecule has 1 N–H and O–H groups in total. The zero-order chi connectivity index (χ0) is 9.80. The van der Waals surface area contributed by atoms with Crippen LogP contribution in [-0.2, 0) is 6.42 Å². The van der Waals surface area contributed by atoms with E-state index in [-0.39, 0.29) is 6.61 Å². The van der Waals surface area contributed by atoms with Gasteiger partial charge >= 0.3 is 0 Å². The van der Waals surface area contributed by atoms with Crippen LogP contribution in [0.2, 0.25) is 0 Å². The van der Waals surface area contributed by atoms with Crippen LogP contribution < -0.4 is 9.47 Å². The van der Waals surface area contributed by atoms with Crippen LogP contribution in [-0.4, -0.2) is 24.9 Å². The van der Waals surface area contributed by atoms with Gasteiger partial charge in [-0.2, -0.15) is 0 Å². The van der Waals surface area contributed by atoms with E-state index in [4.69, 9.17) is 14.6 Å². The van der Waals surface area contributed by atoms with E-state index < -0.39 is 0 Å². The van der Waals surface area contributed by atoms with Crippen LogP contribution in [0.15, 0.2) is 18.2 Å². The molecule has 14 heavy (non-hydrogen) atoms. The molecular formula is C11H14O3. The van der Waals surface area contributed by atoms with E-state index in [2.05, 4.69) is 0 Å². The number of hydrogen-bond donors (Lipinski definition) is 1. The molecule has 0 atom stereocenters. The minimum atomic E-state index is 0.231. The third-order valence-electron chi connectivity index (χ3n) is 2.23. The summed E-state index contributed by atoms with van der Waals surface area (Å²) < 4.78 is 10.9. The van der Waals surface area contributed by atoms with Gasteiger partial charge in [0.1, 0.15) is 13.2 Å². The molecule has 1 aromatic rings. The standard InChI is InChI=1S/C11H14O3/c12-5-1-2-9-3-4-10-11(8-9)14-7-6-13-10/h3-4,8,12H,1-2,5-7H2. The Morgan fingerprint density at radius 2 is 1.93 bits per heavy atom. The van der Waals surface area contributed by atoms with Gasteiger partial charge in [-0.3, -0.25) is 0 Å². The summed E-state index contributed by atoms with van der Waals surface area (Å²) in [6.07, 6.45) is 1.67. The topological polar surface area (TPSA) is 38.7 Å². The Balaban J connectivity index is 2.12. The van der Waals surface area contributed by atoms with E-state index >= 15 is 0 Å². The highest BCUT2D eigenvalue weighted by atomic mass is 16.6. The smallest absolute Gasteiger partial charge is 0.161 e. The van der Waals surface area contributed by atoms with E-state index in [0.29, 0.717) is 13.2 Å². The monoisotopic (exact) mass is 194 g/mol. The molecule has 3 nitrogen and oxygen atoms in total.